The molecular weight excluding hydrogens is 452 g/mol. The molecule has 8 nitrogen and oxygen atoms in total. The Labute approximate surface area is 193 Å². The molecule has 0 spiro atoms. The summed E-state index contributed by atoms with van der Waals surface area (Å²) in [5.74, 6) is 0. The van der Waals surface area contributed by atoms with Gasteiger partial charge < -0.3 is 15.4 Å². The van der Waals surface area contributed by atoms with Crippen molar-refractivity contribution >= 4 is 44.9 Å². The number of urea groups is 1. The molecule has 3 aromatic rings. The summed E-state index contributed by atoms with van der Waals surface area (Å²) in [5, 5.41) is 2.86. The minimum atomic E-state index is -3.99. The molecule has 0 saturated carbocycles. The standard InChI is InChI=1S/C22H24N4O4S.ClH/c23-20-8-5-17(6-9-20)16-26(22(27)25-11-13-30-14-12-25)24-31(28,29)21-10-7-18-3-1-2-4-19(18)15-21;/h1-10,15,24H,11-14,16,23H2;1H. The number of anilines is 1. The first-order valence-electron chi connectivity index (χ1n) is 9.92. The summed E-state index contributed by atoms with van der Waals surface area (Å²) in [5.41, 5.74) is 7.08. The number of hydrazine groups is 1. The normalized spacial score (nSPS) is 14.1. The lowest BCUT2D eigenvalue weighted by atomic mass is 10.1. The van der Waals surface area contributed by atoms with E-state index in [1.54, 1.807) is 41.3 Å². The van der Waals surface area contributed by atoms with Crippen LogP contribution in [-0.4, -0.2) is 50.7 Å². The third kappa shape index (κ3) is 5.49. The van der Waals surface area contributed by atoms with Gasteiger partial charge in [0, 0.05) is 18.8 Å². The monoisotopic (exact) mass is 476 g/mol. The summed E-state index contributed by atoms with van der Waals surface area (Å²) in [4.78, 5) is 17.3. The molecule has 1 fully saturated rings. The molecule has 4 rings (SSSR count). The van der Waals surface area contributed by atoms with E-state index >= 15 is 0 Å². The lowest BCUT2D eigenvalue weighted by Gasteiger charge is -2.32. The van der Waals surface area contributed by atoms with Crippen molar-refractivity contribution in [1.29, 1.82) is 0 Å². The molecule has 0 aliphatic carbocycles. The van der Waals surface area contributed by atoms with E-state index < -0.39 is 16.1 Å². The van der Waals surface area contributed by atoms with E-state index in [0.29, 0.717) is 32.0 Å². The molecule has 170 valence electrons. The fraction of sp³-hybridized carbons (Fsp3) is 0.227. The van der Waals surface area contributed by atoms with Gasteiger partial charge >= 0.3 is 6.03 Å². The first kappa shape index (κ1) is 23.8. The van der Waals surface area contributed by atoms with Crippen molar-refractivity contribution in [2.75, 3.05) is 32.0 Å². The third-order valence-corrected chi connectivity index (χ3v) is 6.43. The number of rotatable bonds is 5. The summed E-state index contributed by atoms with van der Waals surface area (Å²) < 4.78 is 31.6. The number of carbonyl (C=O) groups is 1. The van der Waals surface area contributed by atoms with Gasteiger partial charge in [-0.25, -0.2) is 18.2 Å². The van der Waals surface area contributed by atoms with Crippen LogP contribution in [0, 0.1) is 0 Å². The maximum atomic E-state index is 13.1. The topological polar surface area (TPSA) is 105 Å². The number of hydrogen-bond acceptors (Lipinski definition) is 5. The second-order valence-corrected chi connectivity index (χ2v) is 8.97. The van der Waals surface area contributed by atoms with Crippen LogP contribution in [0.1, 0.15) is 5.56 Å². The van der Waals surface area contributed by atoms with E-state index in [4.69, 9.17) is 10.5 Å². The molecule has 1 aliphatic rings. The van der Waals surface area contributed by atoms with Gasteiger partial charge in [0.15, 0.2) is 0 Å². The number of morpholine rings is 1. The zero-order valence-corrected chi connectivity index (χ0v) is 18.9. The quantitative estimate of drug-likeness (QED) is 0.435. The first-order chi connectivity index (χ1) is 14.9. The Morgan fingerprint density at radius 1 is 1.00 bits per heavy atom. The fourth-order valence-electron chi connectivity index (χ4n) is 3.40. The number of nitrogens with one attached hydrogen (secondary N) is 1. The Morgan fingerprint density at radius 2 is 1.66 bits per heavy atom. The summed E-state index contributed by atoms with van der Waals surface area (Å²) >= 11 is 0. The minimum Gasteiger partial charge on any atom is -0.399 e. The molecule has 0 unspecified atom stereocenters. The van der Waals surface area contributed by atoms with Gasteiger partial charge in [0.05, 0.1) is 24.7 Å². The Bertz CT molecular complexity index is 1180. The van der Waals surface area contributed by atoms with Gasteiger partial charge in [-0.1, -0.05) is 42.5 Å². The van der Waals surface area contributed by atoms with Gasteiger partial charge in [-0.2, -0.15) is 0 Å². The average molecular weight is 477 g/mol. The van der Waals surface area contributed by atoms with E-state index in [1.165, 1.54) is 6.07 Å². The highest BCUT2D eigenvalue weighted by molar-refractivity contribution is 7.89. The Kier molecular flexibility index (Phi) is 7.57. The van der Waals surface area contributed by atoms with Gasteiger partial charge in [0.2, 0.25) is 0 Å². The molecule has 0 radical (unpaired) electrons. The number of sulfonamides is 1. The van der Waals surface area contributed by atoms with E-state index in [9.17, 15) is 13.2 Å². The molecule has 2 amide bonds. The van der Waals surface area contributed by atoms with Gasteiger partial charge in [-0.15, -0.1) is 17.2 Å². The van der Waals surface area contributed by atoms with Crippen molar-refractivity contribution < 1.29 is 17.9 Å². The molecule has 0 atom stereocenters. The number of hydrogen-bond donors (Lipinski definition) is 2. The summed E-state index contributed by atoms with van der Waals surface area (Å²) in [6.45, 7) is 1.69. The largest absolute Gasteiger partial charge is 0.399 e. The number of nitrogens with two attached hydrogens (primary N) is 1. The average Bonchev–Trinajstić information content (AvgIpc) is 2.79. The zero-order valence-electron chi connectivity index (χ0n) is 17.3. The molecule has 3 aromatic carbocycles. The van der Waals surface area contributed by atoms with Crippen molar-refractivity contribution in [2.24, 2.45) is 0 Å². The van der Waals surface area contributed by atoms with Crippen molar-refractivity contribution in [1.82, 2.24) is 14.7 Å². The van der Waals surface area contributed by atoms with Crippen LogP contribution in [0.25, 0.3) is 10.8 Å². The molecule has 10 heteroatoms. The molecule has 32 heavy (non-hydrogen) atoms. The number of halogens is 1. The van der Waals surface area contributed by atoms with Crippen molar-refractivity contribution in [3.63, 3.8) is 0 Å². The Hall–Kier alpha value is -2.85. The van der Waals surface area contributed by atoms with Crippen LogP contribution in [0.4, 0.5) is 10.5 Å². The highest BCUT2D eigenvalue weighted by Gasteiger charge is 2.27. The Morgan fingerprint density at radius 3 is 2.34 bits per heavy atom. The molecule has 0 bridgehead atoms. The van der Waals surface area contributed by atoms with Crippen LogP contribution in [-0.2, 0) is 21.3 Å². The SMILES string of the molecule is Cl.Nc1ccc(CN(NS(=O)(=O)c2ccc3ccccc3c2)C(=O)N2CCOCC2)cc1. The molecule has 1 heterocycles. The van der Waals surface area contributed by atoms with Crippen LogP contribution < -0.4 is 10.6 Å². The number of nitrogens with zero attached hydrogens (tertiary/aromatic N) is 2. The second kappa shape index (κ2) is 10.2. The van der Waals surface area contributed by atoms with Crippen molar-refractivity contribution in [3.05, 3.63) is 72.3 Å². The van der Waals surface area contributed by atoms with E-state index in [0.717, 1.165) is 21.3 Å². The molecule has 1 aliphatic heterocycles. The number of benzene rings is 3. The van der Waals surface area contributed by atoms with Gasteiger partial charge in [-0.05, 0) is 40.6 Å². The van der Waals surface area contributed by atoms with Crippen LogP contribution >= 0.6 is 12.4 Å². The highest BCUT2D eigenvalue weighted by Crippen LogP contribution is 2.20. The lowest BCUT2D eigenvalue weighted by Crippen LogP contribution is -2.54. The minimum absolute atomic E-state index is 0. The zero-order chi connectivity index (χ0) is 21.8. The first-order valence-corrected chi connectivity index (χ1v) is 11.4. The lowest BCUT2D eigenvalue weighted by molar-refractivity contribution is 0.0404. The number of nitrogen functional groups attached to an aromatic ring is 1. The fourth-order valence-corrected chi connectivity index (χ4v) is 4.47. The second-order valence-electron chi connectivity index (χ2n) is 7.31. The maximum absolute atomic E-state index is 13.1. The number of fused-ring (bicyclic) bond motifs is 1. The number of ether oxygens (including phenoxy) is 1. The third-order valence-electron chi connectivity index (χ3n) is 5.09. The molecule has 0 aromatic heterocycles. The predicted octanol–water partition coefficient (Wildman–Crippen LogP) is 2.99. The number of carbonyl (C=O) groups excluding carboxylic acids is 1. The van der Waals surface area contributed by atoms with Crippen molar-refractivity contribution in [2.45, 2.75) is 11.4 Å². The van der Waals surface area contributed by atoms with E-state index in [1.807, 2.05) is 24.3 Å². The van der Waals surface area contributed by atoms with Gasteiger partial charge in [0.1, 0.15) is 0 Å². The summed E-state index contributed by atoms with van der Waals surface area (Å²) in [7, 11) is -3.99. The van der Waals surface area contributed by atoms with Crippen molar-refractivity contribution in [3.8, 4) is 0 Å². The molecular formula is C22H25ClN4O4S. The van der Waals surface area contributed by atoms with Crippen LogP contribution in [0.3, 0.4) is 0 Å². The van der Waals surface area contributed by atoms with E-state index in [-0.39, 0.29) is 23.8 Å². The van der Waals surface area contributed by atoms with Crippen LogP contribution in [0.5, 0.6) is 0 Å². The van der Waals surface area contributed by atoms with E-state index in [2.05, 4.69) is 4.83 Å². The summed E-state index contributed by atoms with van der Waals surface area (Å²) in [6, 6.07) is 18.9. The Balaban J connectivity index is 0.00000289. The summed E-state index contributed by atoms with van der Waals surface area (Å²) in [6.07, 6.45) is 0. The van der Waals surface area contributed by atoms with Gasteiger partial charge in [0.25, 0.3) is 10.0 Å². The maximum Gasteiger partial charge on any atom is 0.335 e. The highest BCUT2D eigenvalue weighted by atomic mass is 35.5. The van der Waals surface area contributed by atoms with Crippen LogP contribution in [0.2, 0.25) is 0 Å². The predicted molar refractivity (Wildman–Crippen MR) is 126 cm³/mol. The number of amides is 2. The van der Waals surface area contributed by atoms with Gasteiger partial charge in [-0.3, -0.25) is 0 Å². The molecule has 3 N–H and O–H groups in total. The smallest absolute Gasteiger partial charge is 0.335 e. The molecule has 1 saturated heterocycles. The van der Waals surface area contributed by atoms with Crippen LogP contribution in [0.15, 0.2) is 71.6 Å².